The predicted molar refractivity (Wildman–Crippen MR) is 77.0 cm³/mol. The van der Waals surface area contributed by atoms with Crippen LogP contribution in [0.5, 0.6) is 0 Å². The average molecular weight is 296 g/mol. The minimum atomic E-state index is -0.395. The zero-order valence-electron chi connectivity index (χ0n) is 10.7. The summed E-state index contributed by atoms with van der Waals surface area (Å²) in [5.41, 5.74) is 1.12. The lowest BCUT2D eigenvalue weighted by Gasteiger charge is -2.29. The third kappa shape index (κ3) is 2.65. The van der Waals surface area contributed by atoms with Gasteiger partial charge in [-0.05, 0) is 42.2 Å². The Balaban J connectivity index is 1.75. The molecule has 2 heterocycles. The number of nitrogens with one attached hydrogen (secondary N) is 1. The first kappa shape index (κ1) is 13.0. The fourth-order valence-corrected chi connectivity index (χ4v) is 4.22. The lowest BCUT2D eigenvalue weighted by molar-refractivity contribution is -0.137. The molecule has 1 aliphatic heterocycles. The normalized spacial score (nSPS) is 24.6. The first-order chi connectivity index (χ1) is 9.16. The Morgan fingerprint density at radius 1 is 1.53 bits per heavy atom. The highest BCUT2D eigenvalue weighted by Gasteiger charge is 2.39. The van der Waals surface area contributed by atoms with Gasteiger partial charge in [0.2, 0.25) is 11.8 Å². The molecule has 0 bridgehead atoms. The fraction of sp³-hybridized carbons (Fsp3) is 0.538. The smallest absolute Gasteiger partial charge is 0.242 e. The molecule has 1 saturated carbocycles. The maximum absolute atomic E-state index is 12.1. The predicted octanol–water partition coefficient (Wildman–Crippen LogP) is 1.99. The molecule has 2 atom stereocenters. The molecular formula is C13H16N2O2S2. The number of thiophene rings is 1. The molecule has 1 saturated heterocycles. The van der Waals surface area contributed by atoms with Crippen molar-refractivity contribution in [1.29, 1.82) is 0 Å². The van der Waals surface area contributed by atoms with Crippen LogP contribution in [-0.2, 0) is 9.59 Å². The molecular weight excluding hydrogens is 280 g/mol. The van der Waals surface area contributed by atoms with Gasteiger partial charge in [0.1, 0.15) is 11.4 Å². The first-order valence-electron chi connectivity index (χ1n) is 6.42. The second-order valence-electron chi connectivity index (χ2n) is 4.98. The lowest BCUT2D eigenvalue weighted by atomic mass is 10.2. The Hall–Kier alpha value is -1.01. The molecule has 6 heteroatoms. The molecule has 3 rings (SSSR count). The number of carbonyl (C=O) groups is 2. The van der Waals surface area contributed by atoms with E-state index in [2.05, 4.69) is 10.7 Å². The van der Waals surface area contributed by atoms with Crippen molar-refractivity contribution < 1.29 is 9.59 Å². The monoisotopic (exact) mass is 296 g/mol. The Kier molecular flexibility index (Phi) is 3.54. The van der Waals surface area contributed by atoms with E-state index in [0.29, 0.717) is 11.8 Å². The van der Waals surface area contributed by atoms with Crippen LogP contribution >= 0.6 is 23.1 Å². The first-order valence-corrected chi connectivity index (χ1v) is 8.41. The van der Waals surface area contributed by atoms with Gasteiger partial charge in [-0.1, -0.05) is 0 Å². The van der Waals surface area contributed by atoms with Gasteiger partial charge in [0.25, 0.3) is 0 Å². The second-order valence-corrected chi connectivity index (χ2v) is 6.83. The molecule has 1 aromatic heterocycles. The van der Waals surface area contributed by atoms with Crippen molar-refractivity contribution in [2.24, 2.45) is 0 Å². The maximum Gasteiger partial charge on any atom is 0.242 e. The number of hydrogen-bond acceptors (Lipinski definition) is 4. The zero-order valence-corrected chi connectivity index (χ0v) is 12.3. The number of amides is 2. The van der Waals surface area contributed by atoms with E-state index in [9.17, 15) is 9.59 Å². The Labute approximate surface area is 120 Å². The van der Waals surface area contributed by atoms with Crippen molar-refractivity contribution in [2.75, 3.05) is 5.75 Å². The third-order valence-electron chi connectivity index (χ3n) is 3.45. The van der Waals surface area contributed by atoms with Gasteiger partial charge < -0.3 is 10.2 Å². The molecule has 1 aromatic rings. The van der Waals surface area contributed by atoms with Crippen LogP contribution in [0.1, 0.15) is 30.7 Å². The van der Waals surface area contributed by atoms with Gasteiger partial charge in [0.05, 0.1) is 5.75 Å². The lowest BCUT2D eigenvalue weighted by Crippen LogP contribution is -2.47. The Bertz CT molecular complexity index is 485. The molecule has 0 spiro atoms. The average Bonchev–Trinajstić information content (AvgIpc) is 2.91. The van der Waals surface area contributed by atoms with Gasteiger partial charge in [0.15, 0.2) is 0 Å². The number of rotatable bonds is 4. The highest BCUT2D eigenvalue weighted by atomic mass is 32.2. The maximum atomic E-state index is 12.1. The van der Waals surface area contributed by atoms with Gasteiger partial charge >= 0.3 is 0 Å². The molecule has 2 fully saturated rings. The molecule has 1 N–H and O–H groups in total. The van der Waals surface area contributed by atoms with Crippen LogP contribution in [0, 0.1) is 0 Å². The van der Waals surface area contributed by atoms with E-state index in [1.807, 2.05) is 18.4 Å². The minimum absolute atomic E-state index is 0.0151. The van der Waals surface area contributed by atoms with Crippen LogP contribution in [-0.4, -0.2) is 34.6 Å². The Morgan fingerprint density at radius 3 is 2.95 bits per heavy atom. The Morgan fingerprint density at radius 2 is 2.32 bits per heavy atom. The van der Waals surface area contributed by atoms with E-state index in [0.717, 1.165) is 18.4 Å². The molecule has 102 valence electrons. The van der Waals surface area contributed by atoms with E-state index >= 15 is 0 Å². The van der Waals surface area contributed by atoms with Crippen molar-refractivity contribution in [3.8, 4) is 0 Å². The molecule has 4 nitrogen and oxygen atoms in total. The van der Waals surface area contributed by atoms with Crippen molar-refractivity contribution in [1.82, 2.24) is 10.2 Å². The van der Waals surface area contributed by atoms with E-state index in [-0.39, 0.29) is 17.2 Å². The van der Waals surface area contributed by atoms with Crippen LogP contribution in [0.15, 0.2) is 16.8 Å². The van der Waals surface area contributed by atoms with Crippen molar-refractivity contribution >= 4 is 34.9 Å². The van der Waals surface area contributed by atoms with E-state index in [1.54, 1.807) is 28.0 Å². The molecule has 0 aromatic carbocycles. The van der Waals surface area contributed by atoms with Crippen LogP contribution in [0.2, 0.25) is 0 Å². The van der Waals surface area contributed by atoms with Crippen LogP contribution in [0.4, 0.5) is 0 Å². The standard InChI is InChI=1S/C13H16N2O2S2/c1-8(12(17)14-10-2-3-10)15-11(16)7-19-13(15)9-4-5-18-6-9/h4-6,8,10,13H,2-3,7H2,1H3,(H,14,17)/t8-,13-/m0/s1. The van der Waals surface area contributed by atoms with Gasteiger partial charge in [0, 0.05) is 6.04 Å². The summed E-state index contributed by atoms with van der Waals surface area (Å²) in [7, 11) is 0. The molecule has 0 unspecified atom stereocenters. The van der Waals surface area contributed by atoms with Gasteiger partial charge in [-0.2, -0.15) is 11.3 Å². The summed E-state index contributed by atoms with van der Waals surface area (Å²) in [5, 5.41) is 7.02. The molecule has 1 aliphatic carbocycles. The van der Waals surface area contributed by atoms with Crippen molar-refractivity contribution in [3.05, 3.63) is 22.4 Å². The minimum Gasteiger partial charge on any atom is -0.352 e. The van der Waals surface area contributed by atoms with Crippen LogP contribution < -0.4 is 5.32 Å². The summed E-state index contributed by atoms with van der Waals surface area (Å²) < 4.78 is 0. The number of nitrogens with zero attached hydrogens (tertiary/aromatic N) is 1. The zero-order chi connectivity index (χ0) is 13.4. The SMILES string of the molecule is C[C@@H](C(=O)NC1CC1)N1C(=O)CS[C@H]1c1ccsc1. The van der Waals surface area contributed by atoms with Gasteiger partial charge in [-0.3, -0.25) is 9.59 Å². The van der Waals surface area contributed by atoms with Crippen molar-refractivity contribution in [2.45, 2.75) is 37.2 Å². The molecule has 0 radical (unpaired) electrons. The van der Waals surface area contributed by atoms with Crippen LogP contribution in [0.25, 0.3) is 0 Å². The van der Waals surface area contributed by atoms with Crippen molar-refractivity contribution in [3.63, 3.8) is 0 Å². The number of hydrogen-bond donors (Lipinski definition) is 1. The number of carbonyl (C=O) groups excluding carboxylic acids is 2. The quantitative estimate of drug-likeness (QED) is 0.924. The third-order valence-corrected chi connectivity index (χ3v) is 5.38. The van der Waals surface area contributed by atoms with E-state index in [1.165, 1.54) is 0 Å². The summed E-state index contributed by atoms with van der Waals surface area (Å²) in [6.07, 6.45) is 2.13. The number of thioether (sulfide) groups is 1. The van der Waals surface area contributed by atoms with Gasteiger partial charge in [-0.25, -0.2) is 0 Å². The van der Waals surface area contributed by atoms with Crippen LogP contribution in [0.3, 0.4) is 0 Å². The largest absolute Gasteiger partial charge is 0.352 e. The summed E-state index contributed by atoms with van der Waals surface area (Å²) in [4.78, 5) is 25.9. The summed E-state index contributed by atoms with van der Waals surface area (Å²) in [5.74, 6) is 0.486. The highest BCUT2D eigenvalue weighted by molar-refractivity contribution is 8.00. The van der Waals surface area contributed by atoms with E-state index < -0.39 is 6.04 Å². The summed E-state index contributed by atoms with van der Waals surface area (Å²) in [6.45, 7) is 1.82. The highest BCUT2D eigenvalue weighted by Crippen LogP contribution is 2.40. The topological polar surface area (TPSA) is 49.4 Å². The fourth-order valence-electron chi connectivity index (χ4n) is 2.20. The van der Waals surface area contributed by atoms with Gasteiger partial charge in [-0.15, -0.1) is 11.8 Å². The summed E-state index contributed by atoms with van der Waals surface area (Å²) in [6, 6.07) is 1.97. The molecule has 2 aliphatic rings. The second kappa shape index (κ2) is 5.17. The molecule has 2 amide bonds. The molecule has 19 heavy (non-hydrogen) atoms. The van der Waals surface area contributed by atoms with E-state index in [4.69, 9.17) is 0 Å². The summed E-state index contributed by atoms with van der Waals surface area (Å²) >= 11 is 3.22.